The standard InChI is InChI=1S/C15H12N2O2/c16-12-5-6-17-9-11(12)7-13(18)15-8-10-3-1-2-4-14(10)19-15/h1-6,8-9H,7H2,(H2,16,17). The molecule has 3 aromatic rings. The molecule has 0 unspecified atom stereocenters. The quantitative estimate of drug-likeness (QED) is 0.728. The fourth-order valence-electron chi connectivity index (χ4n) is 1.97. The van der Waals surface area contributed by atoms with E-state index in [0.29, 0.717) is 22.6 Å². The van der Waals surface area contributed by atoms with Crippen LogP contribution in [0.3, 0.4) is 0 Å². The number of fused-ring (bicyclic) bond motifs is 1. The minimum absolute atomic E-state index is 0.101. The zero-order chi connectivity index (χ0) is 13.2. The van der Waals surface area contributed by atoms with Crippen molar-refractivity contribution < 1.29 is 9.21 Å². The topological polar surface area (TPSA) is 69.1 Å². The molecule has 0 aliphatic carbocycles. The van der Waals surface area contributed by atoms with Gasteiger partial charge in [0.1, 0.15) is 5.58 Å². The van der Waals surface area contributed by atoms with Gasteiger partial charge in [0.05, 0.1) is 0 Å². The van der Waals surface area contributed by atoms with E-state index < -0.39 is 0 Å². The molecule has 1 aromatic carbocycles. The monoisotopic (exact) mass is 252 g/mol. The predicted octanol–water partition coefficient (Wildman–Crippen LogP) is 2.84. The zero-order valence-electron chi connectivity index (χ0n) is 10.2. The van der Waals surface area contributed by atoms with E-state index in [1.807, 2.05) is 24.3 Å². The number of nitrogens with zero attached hydrogens (tertiary/aromatic N) is 1. The second kappa shape index (κ2) is 4.57. The zero-order valence-corrected chi connectivity index (χ0v) is 10.2. The lowest BCUT2D eigenvalue weighted by Crippen LogP contribution is -2.05. The summed E-state index contributed by atoms with van der Waals surface area (Å²) in [6, 6.07) is 11.0. The van der Waals surface area contributed by atoms with Crippen LogP contribution in [0.15, 0.2) is 53.2 Å². The summed E-state index contributed by atoms with van der Waals surface area (Å²) in [6.07, 6.45) is 3.40. The van der Waals surface area contributed by atoms with Crippen LogP contribution < -0.4 is 5.73 Å². The van der Waals surface area contributed by atoms with Gasteiger partial charge in [0.2, 0.25) is 5.78 Å². The number of furan rings is 1. The van der Waals surface area contributed by atoms with Crippen molar-refractivity contribution in [2.75, 3.05) is 5.73 Å². The van der Waals surface area contributed by atoms with Gasteiger partial charge in [-0.2, -0.15) is 0 Å². The molecule has 3 rings (SSSR count). The summed E-state index contributed by atoms with van der Waals surface area (Å²) < 4.78 is 5.53. The summed E-state index contributed by atoms with van der Waals surface area (Å²) in [6.45, 7) is 0. The number of carbonyl (C=O) groups is 1. The van der Waals surface area contributed by atoms with E-state index in [9.17, 15) is 4.79 Å². The average Bonchev–Trinajstić information content (AvgIpc) is 2.85. The fraction of sp³-hybridized carbons (Fsp3) is 0.0667. The third kappa shape index (κ3) is 2.20. The van der Waals surface area contributed by atoms with Crippen molar-refractivity contribution in [2.24, 2.45) is 0 Å². The minimum Gasteiger partial charge on any atom is -0.453 e. The normalized spacial score (nSPS) is 10.7. The molecule has 0 saturated heterocycles. The Morgan fingerprint density at radius 3 is 2.89 bits per heavy atom. The number of Topliss-reactive ketones (excluding diaryl/α,β-unsaturated/α-hetero) is 1. The van der Waals surface area contributed by atoms with Crippen molar-refractivity contribution >= 4 is 22.4 Å². The lowest BCUT2D eigenvalue weighted by atomic mass is 10.1. The Bertz CT molecular complexity index is 713. The number of hydrogen-bond acceptors (Lipinski definition) is 4. The molecule has 0 atom stereocenters. The van der Waals surface area contributed by atoms with Gasteiger partial charge in [-0.1, -0.05) is 18.2 Å². The molecule has 0 radical (unpaired) electrons. The molecule has 4 heteroatoms. The number of nitrogens with two attached hydrogens (primary N) is 1. The maximum Gasteiger partial charge on any atom is 0.202 e. The van der Waals surface area contributed by atoms with Crippen LogP contribution in [-0.4, -0.2) is 10.8 Å². The van der Waals surface area contributed by atoms with Crippen LogP contribution in [0.1, 0.15) is 16.1 Å². The third-order valence-corrected chi connectivity index (χ3v) is 2.99. The van der Waals surface area contributed by atoms with E-state index in [0.717, 1.165) is 5.39 Å². The van der Waals surface area contributed by atoms with E-state index in [2.05, 4.69) is 4.98 Å². The van der Waals surface area contributed by atoms with Crippen molar-refractivity contribution in [1.29, 1.82) is 0 Å². The molecule has 0 saturated carbocycles. The van der Waals surface area contributed by atoms with Gasteiger partial charge in [-0.05, 0) is 18.2 Å². The van der Waals surface area contributed by atoms with Crippen molar-refractivity contribution in [3.05, 3.63) is 60.1 Å². The highest BCUT2D eigenvalue weighted by Gasteiger charge is 2.14. The molecule has 0 bridgehead atoms. The molecule has 0 fully saturated rings. The Morgan fingerprint density at radius 1 is 1.26 bits per heavy atom. The molecule has 0 spiro atoms. The SMILES string of the molecule is Nc1ccncc1CC(=O)c1cc2ccccc2o1. The van der Waals surface area contributed by atoms with Gasteiger partial charge in [0.15, 0.2) is 5.76 Å². The Morgan fingerprint density at radius 2 is 2.11 bits per heavy atom. The Kier molecular flexibility index (Phi) is 2.76. The Balaban J connectivity index is 1.90. The number of pyridine rings is 1. The summed E-state index contributed by atoms with van der Waals surface area (Å²) in [7, 11) is 0. The number of nitrogen functional groups attached to an aromatic ring is 1. The number of para-hydroxylation sites is 1. The number of ketones is 1. The molecule has 2 heterocycles. The number of hydrogen-bond donors (Lipinski definition) is 1. The lowest BCUT2D eigenvalue weighted by molar-refractivity contribution is 0.0968. The molecule has 94 valence electrons. The van der Waals surface area contributed by atoms with Crippen molar-refractivity contribution in [3.8, 4) is 0 Å². The number of aromatic nitrogens is 1. The minimum atomic E-state index is -0.101. The maximum atomic E-state index is 12.2. The van der Waals surface area contributed by atoms with Gasteiger partial charge in [0, 0.05) is 35.5 Å². The van der Waals surface area contributed by atoms with E-state index in [-0.39, 0.29) is 12.2 Å². The van der Waals surface area contributed by atoms with Gasteiger partial charge in [-0.3, -0.25) is 9.78 Å². The summed E-state index contributed by atoms with van der Waals surface area (Å²) >= 11 is 0. The average molecular weight is 252 g/mol. The van der Waals surface area contributed by atoms with Gasteiger partial charge >= 0.3 is 0 Å². The first-order valence-electron chi connectivity index (χ1n) is 5.94. The van der Waals surface area contributed by atoms with Crippen LogP contribution in [0.25, 0.3) is 11.0 Å². The van der Waals surface area contributed by atoms with E-state index in [1.165, 1.54) is 0 Å². The second-order valence-electron chi connectivity index (χ2n) is 4.32. The first-order chi connectivity index (χ1) is 9.24. The summed E-state index contributed by atoms with van der Waals surface area (Å²) in [5.74, 6) is 0.250. The predicted molar refractivity (Wildman–Crippen MR) is 72.9 cm³/mol. The molecule has 19 heavy (non-hydrogen) atoms. The fourth-order valence-corrected chi connectivity index (χ4v) is 1.97. The van der Waals surface area contributed by atoms with Crippen LogP contribution in [0.5, 0.6) is 0 Å². The first-order valence-corrected chi connectivity index (χ1v) is 5.94. The van der Waals surface area contributed by atoms with E-state index in [4.69, 9.17) is 10.2 Å². The second-order valence-corrected chi connectivity index (χ2v) is 4.32. The first kappa shape index (κ1) is 11.5. The molecule has 4 nitrogen and oxygen atoms in total. The Hall–Kier alpha value is -2.62. The number of anilines is 1. The molecule has 2 N–H and O–H groups in total. The van der Waals surface area contributed by atoms with Gasteiger partial charge in [-0.15, -0.1) is 0 Å². The highest BCUT2D eigenvalue weighted by Crippen LogP contribution is 2.21. The smallest absolute Gasteiger partial charge is 0.202 e. The summed E-state index contributed by atoms with van der Waals surface area (Å²) in [5.41, 5.74) is 7.80. The number of carbonyl (C=O) groups excluding carboxylic acids is 1. The van der Waals surface area contributed by atoms with E-state index >= 15 is 0 Å². The van der Waals surface area contributed by atoms with Crippen molar-refractivity contribution in [2.45, 2.75) is 6.42 Å². The van der Waals surface area contributed by atoms with Crippen LogP contribution in [0, 0.1) is 0 Å². The van der Waals surface area contributed by atoms with Crippen LogP contribution in [-0.2, 0) is 6.42 Å². The number of rotatable bonds is 3. The Labute approximate surface area is 109 Å². The highest BCUT2D eigenvalue weighted by atomic mass is 16.3. The molecular weight excluding hydrogens is 240 g/mol. The molecule has 2 aromatic heterocycles. The maximum absolute atomic E-state index is 12.2. The summed E-state index contributed by atoms with van der Waals surface area (Å²) in [5, 5.41) is 0.921. The van der Waals surface area contributed by atoms with Gasteiger partial charge in [-0.25, -0.2) is 0 Å². The molecule has 0 amide bonds. The summed E-state index contributed by atoms with van der Waals surface area (Å²) in [4.78, 5) is 16.1. The highest BCUT2D eigenvalue weighted by molar-refractivity contribution is 5.99. The lowest BCUT2D eigenvalue weighted by Gasteiger charge is -2.01. The largest absolute Gasteiger partial charge is 0.453 e. The van der Waals surface area contributed by atoms with Crippen molar-refractivity contribution in [3.63, 3.8) is 0 Å². The third-order valence-electron chi connectivity index (χ3n) is 2.99. The van der Waals surface area contributed by atoms with Crippen LogP contribution >= 0.6 is 0 Å². The number of benzene rings is 1. The molecule has 0 aliphatic rings. The molecular formula is C15H12N2O2. The van der Waals surface area contributed by atoms with Crippen molar-refractivity contribution in [1.82, 2.24) is 4.98 Å². The van der Waals surface area contributed by atoms with Crippen LogP contribution in [0.4, 0.5) is 5.69 Å². The molecule has 0 aliphatic heterocycles. The van der Waals surface area contributed by atoms with E-state index in [1.54, 1.807) is 24.5 Å². The van der Waals surface area contributed by atoms with Crippen LogP contribution in [0.2, 0.25) is 0 Å². The van der Waals surface area contributed by atoms with Gasteiger partial charge < -0.3 is 10.2 Å². The van der Waals surface area contributed by atoms with Gasteiger partial charge in [0.25, 0.3) is 0 Å².